The smallest absolute Gasteiger partial charge is 0.337 e. The van der Waals surface area contributed by atoms with Crippen LogP contribution in [-0.2, 0) is 23.5 Å². The highest BCUT2D eigenvalue weighted by Crippen LogP contribution is 2.31. The number of aromatic nitrogens is 2. The van der Waals surface area contributed by atoms with Crippen molar-refractivity contribution >= 4 is 16.7 Å². The lowest BCUT2D eigenvalue weighted by Gasteiger charge is -2.22. The topological polar surface area (TPSA) is 55.2 Å². The Morgan fingerprint density at radius 2 is 2.18 bits per heavy atom. The van der Waals surface area contributed by atoms with E-state index in [0.717, 1.165) is 10.9 Å². The van der Waals surface area contributed by atoms with Gasteiger partial charge in [0, 0.05) is 48.1 Å². The third-order valence-corrected chi connectivity index (χ3v) is 5.04. The first kappa shape index (κ1) is 17.0. The number of hydrogen-bond acceptors (Lipinski definition) is 3. The summed E-state index contributed by atoms with van der Waals surface area (Å²) in [6.07, 6.45) is -3.54. The van der Waals surface area contributed by atoms with Crippen LogP contribution < -0.4 is 0 Å². The van der Waals surface area contributed by atoms with Gasteiger partial charge in [0.25, 0.3) is 5.91 Å². The minimum atomic E-state index is -4.67. The Hall–Kier alpha value is -1.38. The Balaban J connectivity index is 2.32. The van der Waals surface area contributed by atoms with Crippen LogP contribution in [0, 0.1) is 5.92 Å². The second-order valence-electron chi connectivity index (χ2n) is 5.41. The van der Waals surface area contributed by atoms with Gasteiger partial charge in [-0.2, -0.15) is 18.3 Å². The number of alkyl halides is 3. The molecule has 0 aromatic carbocycles. The fraction of sp³-hybridized carbons (Fsp3) is 0.692. The number of carbonyl (C=O) groups is 1. The molecule has 1 fully saturated rings. The average molecular weight is 337 g/mol. The lowest BCUT2D eigenvalue weighted by atomic mass is 10.1. The first-order valence-electron chi connectivity index (χ1n) is 7.01. The van der Waals surface area contributed by atoms with Crippen molar-refractivity contribution in [2.75, 3.05) is 24.6 Å². The normalized spacial score (nSPS) is 23.4. The van der Waals surface area contributed by atoms with E-state index in [9.17, 15) is 22.2 Å². The van der Waals surface area contributed by atoms with Crippen molar-refractivity contribution in [1.29, 1.82) is 0 Å². The maximum atomic E-state index is 13.0. The van der Waals surface area contributed by atoms with Crippen molar-refractivity contribution in [2.45, 2.75) is 26.6 Å². The van der Waals surface area contributed by atoms with E-state index in [1.807, 2.05) is 6.92 Å². The minimum Gasteiger partial charge on any atom is -0.337 e. The summed E-state index contributed by atoms with van der Waals surface area (Å²) in [5.41, 5.74) is -1.59. The maximum absolute atomic E-state index is 13.0. The molecule has 0 aliphatic carbocycles. The van der Waals surface area contributed by atoms with Crippen molar-refractivity contribution < 1.29 is 22.2 Å². The van der Waals surface area contributed by atoms with E-state index in [1.54, 1.807) is 6.92 Å². The Kier molecular flexibility index (Phi) is 4.93. The zero-order valence-corrected chi connectivity index (χ0v) is 13.2. The molecule has 2 rings (SSSR count). The van der Waals surface area contributed by atoms with Gasteiger partial charge in [0.15, 0.2) is 5.69 Å². The van der Waals surface area contributed by atoms with Gasteiger partial charge < -0.3 is 4.90 Å². The van der Waals surface area contributed by atoms with Crippen molar-refractivity contribution in [3.8, 4) is 0 Å². The van der Waals surface area contributed by atoms with Gasteiger partial charge in [-0.3, -0.25) is 13.7 Å². The predicted molar refractivity (Wildman–Crippen MR) is 75.8 cm³/mol. The highest BCUT2D eigenvalue weighted by Gasteiger charge is 2.40. The molecule has 0 saturated carbocycles. The standard InChI is InChI=1S/C13H18F3N3O2S/c1-3-19-7-10(11(17-19)13(14,15)16)12(20)18-4-5-22(21)8-9(2)6-18/h7,9H,3-6,8H2,1-2H3/t9-,22-/m1/s1. The first-order valence-corrected chi connectivity index (χ1v) is 8.50. The van der Waals surface area contributed by atoms with Gasteiger partial charge in [0.2, 0.25) is 0 Å². The van der Waals surface area contributed by atoms with Crippen LogP contribution in [0.25, 0.3) is 0 Å². The maximum Gasteiger partial charge on any atom is 0.435 e. The SMILES string of the molecule is CCn1cc(C(=O)N2CC[S@@](=O)C[C@H](C)C2)c(C(F)(F)F)n1. The lowest BCUT2D eigenvalue weighted by molar-refractivity contribution is -0.141. The summed E-state index contributed by atoms with van der Waals surface area (Å²) in [5.74, 6) is 0.0457. The molecular weight excluding hydrogens is 319 g/mol. The van der Waals surface area contributed by atoms with E-state index >= 15 is 0 Å². The number of nitrogens with zero attached hydrogens (tertiary/aromatic N) is 3. The number of halogens is 3. The highest BCUT2D eigenvalue weighted by atomic mass is 32.2. The second kappa shape index (κ2) is 6.39. The molecule has 9 heteroatoms. The molecule has 124 valence electrons. The molecule has 0 bridgehead atoms. The lowest BCUT2D eigenvalue weighted by Crippen LogP contribution is -2.36. The van der Waals surface area contributed by atoms with Gasteiger partial charge in [0.05, 0.1) is 5.56 Å². The second-order valence-corrected chi connectivity index (χ2v) is 7.03. The zero-order valence-electron chi connectivity index (χ0n) is 12.4. The van der Waals surface area contributed by atoms with Gasteiger partial charge in [-0.25, -0.2) is 0 Å². The van der Waals surface area contributed by atoms with E-state index in [4.69, 9.17) is 0 Å². The molecule has 1 aliphatic rings. The summed E-state index contributed by atoms with van der Waals surface area (Å²) in [5, 5.41) is 3.46. The quantitative estimate of drug-likeness (QED) is 0.826. The van der Waals surface area contributed by atoms with Crippen molar-refractivity contribution in [2.24, 2.45) is 5.92 Å². The van der Waals surface area contributed by atoms with E-state index in [-0.39, 0.29) is 19.0 Å². The summed E-state index contributed by atoms with van der Waals surface area (Å²) in [7, 11) is -1.04. The molecule has 0 N–H and O–H groups in total. The first-order chi connectivity index (χ1) is 10.2. The molecule has 2 heterocycles. The summed E-state index contributed by atoms with van der Waals surface area (Å²) in [4.78, 5) is 13.8. The molecule has 1 saturated heterocycles. The molecule has 5 nitrogen and oxygen atoms in total. The van der Waals surface area contributed by atoms with Gasteiger partial charge in [0.1, 0.15) is 0 Å². The van der Waals surface area contributed by atoms with E-state index in [1.165, 1.54) is 4.90 Å². The molecule has 1 aromatic heterocycles. The van der Waals surface area contributed by atoms with E-state index in [2.05, 4.69) is 5.10 Å². The summed E-state index contributed by atoms with van der Waals surface area (Å²) in [6.45, 7) is 4.24. The number of carbonyl (C=O) groups excluding carboxylic acids is 1. The van der Waals surface area contributed by atoms with E-state index < -0.39 is 34.1 Å². The number of aryl methyl sites for hydroxylation is 1. The fourth-order valence-corrected chi connectivity index (χ4v) is 3.77. The Labute approximate surface area is 128 Å². The van der Waals surface area contributed by atoms with Crippen LogP contribution in [0.5, 0.6) is 0 Å². The number of rotatable bonds is 2. The molecule has 0 radical (unpaired) electrons. The Morgan fingerprint density at radius 1 is 1.50 bits per heavy atom. The Morgan fingerprint density at radius 3 is 2.77 bits per heavy atom. The molecule has 1 aliphatic heterocycles. The van der Waals surface area contributed by atoms with Crippen molar-refractivity contribution in [3.05, 3.63) is 17.5 Å². The van der Waals surface area contributed by atoms with Gasteiger partial charge in [-0.1, -0.05) is 6.92 Å². The average Bonchev–Trinajstić information content (AvgIpc) is 2.79. The molecule has 1 amide bonds. The predicted octanol–water partition coefficient (Wildman–Crippen LogP) is 1.76. The number of hydrogen-bond donors (Lipinski definition) is 0. The van der Waals surface area contributed by atoms with Crippen LogP contribution in [0.4, 0.5) is 13.2 Å². The third-order valence-electron chi connectivity index (χ3n) is 3.46. The molecule has 1 aromatic rings. The van der Waals surface area contributed by atoms with Crippen LogP contribution in [0.3, 0.4) is 0 Å². The van der Waals surface area contributed by atoms with Gasteiger partial charge in [-0.05, 0) is 12.8 Å². The third kappa shape index (κ3) is 3.68. The van der Waals surface area contributed by atoms with Crippen LogP contribution >= 0.6 is 0 Å². The summed E-state index contributed by atoms with van der Waals surface area (Å²) < 4.78 is 51.9. The fourth-order valence-electron chi connectivity index (χ4n) is 2.44. The summed E-state index contributed by atoms with van der Waals surface area (Å²) in [6, 6.07) is 0. The molecule has 2 atom stereocenters. The van der Waals surface area contributed by atoms with E-state index in [0.29, 0.717) is 18.1 Å². The van der Waals surface area contributed by atoms with Crippen molar-refractivity contribution in [1.82, 2.24) is 14.7 Å². The minimum absolute atomic E-state index is 0.0113. The van der Waals surface area contributed by atoms with Crippen LogP contribution in [-0.4, -0.2) is 49.4 Å². The molecule has 0 spiro atoms. The Bertz CT molecular complexity index is 586. The van der Waals surface area contributed by atoms with Crippen LogP contribution in [0.2, 0.25) is 0 Å². The molecule has 0 unspecified atom stereocenters. The number of amides is 1. The highest BCUT2D eigenvalue weighted by molar-refractivity contribution is 7.85. The largest absolute Gasteiger partial charge is 0.435 e. The molecule has 22 heavy (non-hydrogen) atoms. The van der Waals surface area contributed by atoms with Crippen LogP contribution in [0.1, 0.15) is 29.9 Å². The van der Waals surface area contributed by atoms with Gasteiger partial charge >= 0.3 is 6.18 Å². The summed E-state index contributed by atoms with van der Waals surface area (Å²) >= 11 is 0. The van der Waals surface area contributed by atoms with Crippen LogP contribution in [0.15, 0.2) is 6.20 Å². The van der Waals surface area contributed by atoms with Gasteiger partial charge in [-0.15, -0.1) is 0 Å². The van der Waals surface area contributed by atoms with Crippen molar-refractivity contribution in [3.63, 3.8) is 0 Å². The monoisotopic (exact) mass is 337 g/mol. The zero-order chi connectivity index (χ0) is 16.5. The molecular formula is C13H18F3N3O2S.